The molecule has 0 radical (unpaired) electrons. The van der Waals surface area contributed by atoms with E-state index in [1.54, 1.807) is 4.90 Å². The van der Waals surface area contributed by atoms with Crippen molar-refractivity contribution < 1.29 is 9.53 Å². The Kier molecular flexibility index (Phi) is 5.62. The van der Waals surface area contributed by atoms with Crippen LogP contribution in [0.15, 0.2) is 24.3 Å². The first-order valence-electron chi connectivity index (χ1n) is 8.08. The lowest BCUT2D eigenvalue weighted by atomic mass is 10.0. The second kappa shape index (κ2) is 7.47. The van der Waals surface area contributed by atoms with Crippen LogP contribution in [0.4, 0.5) is 4.79 Å². The minimum absolute atomic E-state index is 0.219. The summed E-state index contributed by atoms with van der Waals surface area (Å²) in [5.74, 6) is 0. The number of rotatable bonds is 3. The number of nitrogens with one attached hydrogen (secondary N) is 1. The van der Waals surface area contributed by atoms with E-state index in [1.807, 2.05) is 45.0 Å². The van der Waals surface area contributed by atoms with Gasteiger partial charge in [0.15, 0.2) is 0 Å². The topological polar surface area (TPSA) is 65.4 Å². The molecule has 5 heteroatoms. The van der Waals surface area contributed by atoms with Gasteiger partial charge in [-0.05, 0) is 51.3 Å². The molecular weight excluding hydrogens is 290 g/mol. The molecule has 0 aliphatic carbocycles. The SMILES string of the molecule is CC(C)(C)OC(=O)N1CCC(NCc2ccc(C#N)cc2)CC1. The van der Waals surface area contributed by atoms with Gasteiger partial charge in [0.2, 0.25) is 0 Å². The van der Waals surface area contributed by atoms with Crippen molar-refractivity contribution in [3.8, 4) is 6.07 Å². The molecule has 1 saturated heterocycles. The minimum atomic E-state index is -0.443. The van der Waals surface area contributed by atoms with Crippen LogP contribution in [-0.4, -0.2) is 35.7 Å². The quantitative estimate of drug-likeness (QED) is 0.931. The highest BCUT2D eigenvalue weighted by molar-refractivity contribution is 5.68. The van der Waals surface area contributed by atoms with Crippen LogP contribution in [0, 0.1) is 11.3 Å². The molecular formula is C18H25N3O2. The molecule has 1 amide bonds. The summed E-state index contributed by atoms with van der Waals surface area (Å²) < 4.78 is 5.40. The molecule has 0 aromatic heterocycles. The largest absolute Gasteiger partial charge is 0.444 e. The van der Waals surface area contributed by atoms with Gasteiger partial charge in [0, 0.05) is 25.7 Å². The van der Waals surface area contributed by atoms with Gasteiger partial charge in [0.25, 0.3) is 0 Å². The lowest BCUT2D eigenvalue weighted by Crippen LogP contribution is -2.46. The molecule has 124 valence electrons. The molecule has 5 nitrogen and oxygen atoms in total. The second-order valence-electron chi connectivity index (χ2n) is 6.93. The van der Waals surface area contributed by atoms with Gasteiger partial charge in [-0.1, -0.05) is 12.1 Å². The molecule has 2 rings (SSSR count). The lowest BCUT2D eigenvalue weighted by molar-refractivity contribution is 0.0198. The van der Waals surface area contributed by atoms with E-state index in [0.29, 0.717) is 11.6 Å². The highest BCUT2D eigenvalue weighted by atomic mass is 16.6. The molecule has 0 saturated carbocycles. The first-order chi connectivity index (χ1) is 10.9. The first kappa shape index (κ1) is 17.3. The van der Waals surface area contributed by atoms with E-state index in [2.05, 4.69) is 11.4 Å². The van der Waals surface area contributed by atoms with Crippen LogP contribution in [-0.2, 0) is 11.3 Å². The van der Waals surface area contributed by atoms with E-state index in [1.165, 1.54) is 5.56 Å². The monoisotopic (exact) mass is 315 g/mol. The van der Waals surface area contributed by atoms with Crippen LogP contribution in [0.1, 0.15) is 44.7 Å². The average Bonchev–Trinajstić information content (AvgIpc) is 2.52. The van der Waals surface area contributed by atoms with E-state index < -0.39 is 5.60 Å². The van der Waals surface area contributed by atoms with Gasteiger partial charge >= 0.3 is 6.09 Å². The van der Waals surface area contributed by atoms with Crippen LogP contribution in [0.25, 0.3) is 0 Å². The third-order valence-electron chi connectivity index (χ3n) is 3.82. The number of nitriles is 1. The van der Waals surface area contributed by atoms with Gasteiger partial charge < -0.3 is 15.0 Å². The van der Waals surface area contributed by atoms with Crippen molar-refractivity contribution in [2.75, 3.05) is 13.1 Å². The Morgan fingerprint density at radius 1 is 1.30 bits per heavy atom. The van der Waals surface area contributed by atoms with Crippen molar-refractivity contribution in [3.63, 3.8) is 0 Å². The molecule has 1 aliphatic rings. The number of amides is 1. The molecule has 1 aromatic carbocycles. The van der Waals surface area contributed by atoms with Gasteiger partial charge in [-0.3, -0.25) is 0 Å². The highest BCUT2D eigenvalue weighted by Crippen LogP contribution is 2.16. The maximum absolute atomic E-state index is 12.0. The normalized spacial score (nSPS) is 16.0. The zero-order chi connectivity index (χ0) is 16.9. The summed E-state index contributed by atoms with van der Waals surface area (Å²) in [4.78, 5) is 13.8. The summed E-state index contributed by atoms with van der Waals surface area (Å²) in [5.41, 5.74) is 1.40. The molecule has 1 N–H and O–H groups in total. The number of hydrogen-bond acceptors (Lipinski definition) is 4. The number of carbonyl (C=O) groups is 1. The third kappa shape index (κ3) is 5.57. The fourth-order valence-corrected chi connectivity index (χ4v) is 2.55. The Hall–Kier alpha value is -2.06. The number of hydrogen-bond donors (Lipinski definition) is 1. The van der Waals surface area contributed by atoms with Gasteiger partial charge in [0.1, 0.15) is 5.60 Å². The number of nitrogens with zero attached hydrogens (tertiary/aromatic N) is 2. The fraction of sp³-hybridized carbons (Fsp3) is 0.556. The van der Waals surface area contributed by atoms with E-state index in [0.717, 1.165) is 32.5 Å². The number of benzene rings is 1. The molecule has 1 aromatic rings. The average molecular weight is 315 g/mol. The Bertz CT molecular complexity index is 561. The Morgan fingerprint density at radius 3 is 2.43 bits per heavy atom. The van der Waals surface area contributed by atoms with Crippen LogP contribution < -0.4 is 5.32 Å². The van der Waals surface area contributed by atoms with Crippen LogP contribution in [0.3, 0.4) is 0 Å². The van der Waals surface area contributed by atoms with Crippen LogP contribution in [0.2, 0.25) is 0 Å². The van der Waals surface area contributed by atoms with E-state index in [4.69, 9.17) is 10.00 Å². The predicted molar refractivity (Wildman–Crippen MR) is 88.8 cm³/mol. The number of likely N-dealkylation sites (tertiary alicyclic amines) is 1. The zero-order valence-corrected chi connectivity index (χ0v) is 14.1. The van der Waals surface area contributed by atoms with E-state index >= 15 is 0 Å². The summed E-state index contributed by atoms with van der Waals surface area (Å²) in [6.07, 6.45) is 1.63. The molecule has 1 fully saturated rings. The summed E-state index contributed by atoms with van der Waals surface area (Å²) >= 11 is 0. The van der Waals surface area contributed by atoms with Crippen molar-refractivity contribution in [1.29, 1.82) is 5.26 Å². The molecule has 1 aliphatic heterocycles. The Labute approximate surface area is 138 Å². The third-order valence-corrected chi connectivity index (χ3v) is 3.82. The summed E-state index contributed by atoms with van der Waals surface area (Å²) in [6, 6.07) is 10.1. The lowest BCUT2D eigenvalue weighted by Gasteiger charge is -2.33. The minimum Gasteiger partial charge on any atom is -0.444 e. The van der Waals surface area contributed by atoms with Crippen molar-refractivity contribution in [2.24, 2.45) is 0 Å². The van der Waals surface area contributed by atoms with Crippen LogP contribution in [0.5, 0.6) is 0 Å². The predicted octanol–water partition coefficient (Wildman–Crippen LogP) is 3.05. The van der Waals surface area contributed by atoms with E-state index in [-0.39, 0.29) is 6.09 Å². The second-order valence-corrected chi connectivity index (χ2v) is 6.93. The van der Waals surface area contributed by atoms with Gasteiger partial charge in [-0.2, -0.15) is 5.26 Å². The summed E-state index contributed by atoms with van der Waals surface area (Å²) in [6.45, 7) is 7.88. The summed E-state index contributed by atoms with van der Waals surface area (Å²) in [5, 5.41) is 12.3. The number of piperidine rings is 1. The van der Waals surface area contributed by atoms with Gasteiger partial charge in [-0.25, -0.2) is 4.79 Å². The molecule has 0 spiro atoms. The molecule has 1 heterocycles. The molecule has 0 atom stereocenters. The Morgan fingerprint density at radius 2 is 1.91 bits per heavy atom. The van der Waals surface area contributed by atoms with E-state index in [9.17, 15) is 4.79 Å². The molecule has 0 bridgehead atoms. The van der Waals surface area contributed by atoms with Crippen molar-refractivity contribution >= 4 is 6.09 Å². The number of ether oxygens (including phenoxy) is 1. The summed E-state index contributed by atoms with van der Waals surface area (Å²) in [7, 11) is 0. The van der Waals surface area contributed by atoms with Crippen molar-refractivity contribution in [1.82, 2.24) is 10.2 Å². The zero-order valence-electron chi connectivity index (χ0n) is 14.1. The number of carbonyl (C=O) groups excluding carboxylic acids is 1. The van der Waals surface area contributed by atoms with Crippen molar-refractivity contribution in [2.45, 2.75) is 51.8 Å². The smallest absolute Gasteiger partial charge is 0.410 e. The maximum atomic E-state index is 12.0. The molecule has 0 unspecified atom stereocenters. The Balaban J connectivity index is 1.74. The van der Waals surface area contributed by atoms with Gasteiger partial charge in [0.05, 0.1) is 11.6 Å². The molecule has 23 heavy (non-hydrogen) atoms. The standard InChI is InChI=1S/C18H25N3O2/c1-18(2,3)23-17(22)21-10-8-16(9-11-21)20-13-15-6-4-14(12-19)5-7-15/h4-7,16,20H,8-11,13H2,1-3H3. The van der Waals surface area contributed by atoms with Crippen molar-refractivity contribution in [3.05, 3.63) is 35.4 Å². The first-order valence-corrected chi connectivity index (χ1v) is 8.08. The highest BCUT2D eigenvalue weighted by Gasteiger charge is 2.26. The van der Waals surface area contributed by atoms with Crippen LogP contribution >= 0.6 is 0 Å². The van der Waals surface area contributed by atoms with Gasteiger partial charge in [-0.15, -0.1) is 0 Å². The fourth-order valence-electron chi connectivity index (χ4n) is 2.55. The maximum Gasteiger partial charge on any atom is 0.410 e.